The smallest absolute Gasteiger partial charge is 0.391 e. The first-order valence-corrected chi connectivity index (χ1v) is 5.36. The average molecular weight is 298 g/mol. The SMILES string of the molecule is Nc1cc(Br)ccc1COCCC(F)(F)F. The Morgan fingerprint density at radius 1 is 1.31 bits per heavy atom. The Morgan fingerprint density at radius 3 is 2.56 bits per heavy atom. The Bertz CT molecular complexity index is 354. The van der Waals surface area contributed by atoms with E-state index in [-0.39, 0.29) is 13.2 Å². The molecule has 0 atom stereocenters. The topological polar surface area (TPSA) is 35.2 Å². The molecule has 1 rings (SSSR count). The number of benzene rings is 1. The lowest BCUT2D eigenvalue weighted by atomic mass is 10.2. The Morgan fingerprint density at radius 2 is 2.00 bits per heavy atom. The minimum absolute atomic E-state index is 0.0925. The van der Waals surface area contributed by atoms with Gasteiger partial charge in [-0.1, -0.05) is 22.0 Å². The van der Waals surface area contributed by atoms with Crippen LogP contribution < -0.4 is 5.73 Å². The van der Waals surface area contributed by atoms with Gasteiger partial charge in [-0.3, -0.25) is 0 Å². The third-order valence-corrected chi connectivity index (χ3v) is 2.39. The Hall–Kier alpha value is -0.750. The van der Waals surface area contributed by atoms with Gasteiger partial charge in [-0.15, -0.1) is 0 Å². The zero-order chi connectivity index (χ0) is 12.2. The van der Waals surface area contributed by atoms with Crippen LogP contribution in [0.15, 0.2) is 22.7 Å². The number of hydrogen-bond acceptors (Lipinski definition) is 2. The fourth-order valence-electron chi connectivity index (χ4n) is 1.07. The van der Waals surface area contributed by atoms with Crippen LogP contribution in [0.25, 0.3) is 0 Å². The first-order chi connectivity index (χ1) is 7.38. The van der Waals surface area contributed by atoms with Crippen LogP contribution in [-0.2, 0) is 11.3 Å². The number of anilines is 1. The highest BCUT2D eigenvalue weighted by molar-refractivity contribution is 9.10. The van der Waals surface area contributed by atoms with Gasteiger partial charge in [0.15, 0.2) is 0 Å². The number of ether oxygens (including phenoxy) is 1. The summed E-state index contributed by atoms with van der Waals surface area (Å²) < 4.78 is 41.1. The van der Waals surface area contributed by atoms with E-state index in [2.05, 4.69) is 15.9 Å². The summed E-state index contributed by atoms with van der Waals surface area (Å²) in [5.74, 6) is 0. The predicted octanol–water partition coefficient (Wildman–Crippen LogP) is 3.50. The minimum Gasteiger partial charge on any atom is -0.398 e. The highest BCUT2D eigenvalue weighted by atomic mass is 79.9. The maximum atomic E-state index is 11.8. The maximum absolute atomic E-state index is 11.8. The molecule has 2 nitrogen and oxygen atoms in total. The summed E-state index contributed by atoms with van der Waals surface area (Å²) in [4.78, 5) is 0. The van der Waals surface area contributed by atoms with E-state index >= 15 is 0 Å². The zero-order valence-electron chi connectivity index (χ0n) is 8.35. The second-order valence-corrected chi connectivity index (χ2v) is 4.18. The third kappa shape index (κ3) is 4.85. The highest BCUT2D eigenvalue weighted by Crippen LogP contribution is 2.21. The molecule has 0 saturated heterocycles. The third-order valence-electron chi connectivity index (χ3n) is 1.90. The molecule has 16 heavy (non-hydrogen) atoms. The second kappa shape index (κ2) is 5.54. The number of nitrogen functional groups attached to an aromatic ring is 1. The summed E-state index contributed by atoms with van der Waals surface area (Å²) in [6, 6.07) is 5.16. The first-order valence-electron chi connectivity index (χ1n) is 4.57. The van der Waals surface area contributed by atoms with Gasteiger partial charge in [0.25, 0.3) is 0 Å². The van der Waals surface area contributed by atoms with Crippen molar-refractivity contribution in [2.75, 3.05) is 12.3 Å². The van der Waals surface area contributed by atoms with Crippen LogP contribution in [0.1, 0.15) is 12.0 Å². The normalized spacial score (nSPS) is 11.8. The quantitative estimate of drug-likeness (QED) is 0.682. The van der Waals surface area contributed by atoms with Crippen molar-refractivity contribution in [1.29, 1.82) is 0 Å². The molecule has 0 aromatic heterocycles. The molecule has 0 aliphatic rings. The lowest BCUT2D eigenvalue weighted by Crippen LogP contribution is -2.11. The summed E-state index contributed by atoms with van der Waals surface area (Å²) in [6.45, 7) is -0.256. The number of halogens is 4. The van der Waals surface area contributed by atoms with Crippen LogP contribution in [0.3, 0.4) is 0 Å². The van der Waals surface area contributed by atoms with Gasteiger partial charge in [0, 0.05) is 15.7 Å². The van der Waals surface area contributed by atoms with Gasteiger partial charge in [-0.2, -0.15) is 13.2 Å². The monoisotopic (exact) mass is 297 g/mol. The molecule has 0 aliphatic heterocycles. The maximum Gasteiger partial charge on any atom is 0.391 e. The largest absolute Gasteiger partial charge is 0.398 e. The van der Waals surface area contributed by atoms with Crippen molar-refractivity contribution in [2.24, 2.45) is 0 Å². The van der Waals surface area contributed by atoms with Crippen LogP contribution in [0.5, 0.6) is 0 Å². The van der Waals surface area contributed by atoms with E-state index in [4.69, 9.17) is 10.5 Å². The van der Waals surface area contributed by atoms with Gasteiger partial charge in [0.1, 0.15) is 0 Å². The molecular formula is C10H11BrF3NO. The number of alkyl halides is 3. The predicted molar refractivity (Wildman–Crippen MR) is 58.9 cm³/mol. The van der Waals surface area contributed by atoms with Crippen molar-refractivity contribution in [3.8, 4) is 0 Å². The fourth-order valence-corrected chi connectivity index (χ4v) is 1.45. The summed E-state index contributed by atoms with van der Waals surface area (Å²) in [5, 5.41) is 0. The molecule has 0 fully saturated rings. The minimum atomic E-state index is -4.18. The molecule has 2 N–H and O–H groups in total. The standard InChI is InChI=1S/C10H11BrF3NO/c11-8-2-1-7(9(15)5-8)6-16-4-3-10(12,13)14/h1-2,5H,3-4,6,15H2. The number of hydrogen-bond donors (Lipinski definition) is 1. The van der Waals surface area contributed by atoms with E-state index in [0.29, 0.717) is 11.3 Å². The van der Waals surface area contributed by atoms with E-state index in [0.717, 1.165) is 4.47 Å². The molecular weight excluding hydrogens is 287 g/mol. The summed E-state index contributed by atoms with van der Waals surface area (Å²) in [6.07, 6.45) is -5.12. The van der Waals surface area contributed by atoms with Crippen molar-refractivity contribution in [3.63, 3.8) is 0 Å². The van der Waals surface area contributed by atoms with Gasteiger partial charge in [0.2, 0.25) is 0 Å². The first kappa shape index (κ1) is 13.3. The van der Waals surface area contributed by atoms with E-state index in [1.54, 1.807) is 18.2 Å². The van der Waals surface area contributed by atoms with E-state index in [1.807, 2.05) is 0 Å². The van der Waals surface area contributed by atoms with Gasteiger partial charge in [-0.25, -0.2) is 0 Å². The van der Waals surface area contributed by atoms with Gasteiger partial charge in [0.05, 0.1) is 19.6 Å². The van der Waals surface area contributed by atoms with Crippen molar-refractivity contribution in [2.45, 2.75) is 19.2 Å². The molecule has 1 aromatic carbocycles. The van der Waals surface area contributed by atoms with Crippen molar-refractivity contribution < 1.29 is 17.9 Å². The van der Waals surface area contributed by atoms with E-state index in [9.17, 15) is 13.2 Å². The molecule has 0 saturated carbocycles. The molecule has 1 aromatic rings. The van der Waals surface area contributed by atoms with Crippen molar-refractivity contribution in [1.82, 2.24) is 0 Å². The van der Waals surface area contributed by atoms with E-state index in [1.165, 1.54) is 0 Å². The molecule has 6 heteroatoms. The van der Waals surface area contributed by atoms with Gasteiger partial charge < -0.3 is 10.5 Å². The molecule has 0 aliphatic carbocycles. The molecule has 90 valence electrons. The summed E-state index contributed by atoms with van der Waals surface area (Å²) in [7, 11) is 0. The van der Waals surface area contributed by atoms with Crippen LogP contribution >= 0.6 is 15.9 Å². The van der Waals surface area contributed by atoms with Crippen molar-refractivity contribution in [3.05, 3.63) is 28.2 Å². The lowest BCUT2D eigenvalue weighted by Gasteiger charge is -2.09. The van der Waals surface area contributed by atoms with Crippen LogP contribution in [0.4, 0.5) is 18.9 Å². The molecule has 0 amide bonds. The molecule has 0 heterocycles. The second-order valence-electron chi connectivity index (χ2n) is 3.26. The molecule has 0 radical (unpaired) electrons. The average Bonchev–Trinajstić information content (AvgIpc) is 2.13. The Balaban J connectivity index is 2.38. The Labute approximate surface area is 99.7 Å². The zero-order valence-corrected chi connectivity index (χ0v) is 9.94. The number of rotatable bonds is 4. The lowest BCUT2D eigenvalue weighted by molar-refractivity contribution is -0.146. The summed E-state index contributed by atoms with van der Waals surface area (Å²) >= 11 is 3.23. The van der Waals surface area contributed by atoms with Gasteiger partial charge in [-0.05, 0) is 12.1 Å². The van der Waals surface area contributed by atoms with Crippen LogP contribution in [0.2, 0.25) is 0 Å². The van der Waals surface area contributed by atoms with Crippen LogP contribution in [0, 0.1) is 0 Å². The molecule has 0 spiro atoms. The molecule has 0 unspecified atom stereocenters. The fraction of sp³-hybridized carbons (Fsp3) is 0.400. The van der Waals surface area contributed by atoms with Gasteiger partial charge >= 0.3 is 6.18 Å². The highest BCUT2D eigenvalue weighted by Gasteiger charge is 2.26. The van der Waals surface area contributed by atoms with E-state index < -0.39 is 12.6 Å². The number of nitrogens with two attached hydrogens (primary N) is 1. The summed E-state index contributed by atoms with van der Waals surface area (Å²) in [5.41, 5.74) is 6.84. The molecule has 0 bridgehead atoms. The van der Waals surface area contributed by atoms with Crippen molar-refractivity contribution >= 4 is 21.6 Å². The van der Waals surface area contributed by atoms with Crippen LogP contribution in [-0.4, -0.2) is 12.8 Å². The Kier molecular flexibility index (Phi) is 4.61.